The molecule has 0 atom stereocenters. The number of rotatable bonds is 10. The number of hydrogen-bond donors (Lipinski definition) is 2. The molecule has 3 N–H and O–H groups in total. The van der Waals surface area contributed by atoms with E-state index in [9.17, 15) is 4.79 Å². The van der Waals surface area contributed by atoms with Crippen molar-refractivity contribution < 1.29 is 4.79 Å². The van der Waals surface area contributed by atoms with E-state index in [0.29, 0.717) is 5.16 Å². The largest absolute Gasteiger partial charge is 0.356 e. The minimum Gasteiger partial charge on any atom is -0.356 e. The number of nitrogens with one attached hydrogen (secondary N) is 1. The predicted molar refractivity (Wildman–Crippen MR) is 91.9 cm³/mol. The highest BCUT2D eigenvalue weighted by atomic mass is 32.2. The summed E-state index contributed by atoms with van der Waals surface area (Å²) in [5, 5.41) is 0.622. The van der Waals surface area contributed by atoms with Crippen LogP contribution in [-0.4, -0.2) is 34.7 Å². The molecule has 0 aromatic carbocycles. The van der Waals surface area contributed by atoms with E-state index in [1.807, 2.05) is 13.0 Å². The highest BCUT2D eigenvalue weighted by Crippen LogP contribution is 2.20. The van der Waals surface area contributed by atoms with Gasteiger partial charge in [0.15, 0.2) is 5.16 Å². The maximum absolute atomic E-state index is 11.2. The molecule has 0 aliphatic heterocycles. The van der Waals surface area contributed by atoms with E-state index in [2.05, 4.69) is 34.1 Å². The Bertz CT molecular complexity index is 461. The second-order valence-corrected chi connectivity index (χ2v) is 6.14. The van der Waals surface area contributed by atoms with Crippen LogP contribution in [0.1, 0.15) is 45.2 Å². The Labute approximate surface area is 137 Å². The van der Waals surface area contributed by atoms with Gasteiger partial charge in [-0.3, -0.25) is 10.2 Å². The molecular weight excluding hydrogens is 298 g/mol. The van der Waals surface area contributed by atoms with Crippen molar-refractivity contribution in [2.75, 3.05) is 23.7 Å². The minimum atomic E-state index is -0.231. The van der Waals surface area contributed by atoms with Gasteiger partial charge >= 0.3 is 0 Å². The first kappa shape index (κ1) is 18.7. The number of hydrazine groups is 1. The van der Waals surface area contributed by atoms with E-state index in [-0.39, 0.29) is 11.7 Å². The van der Waals surface area contributed by atoms with E-state index < -0.39 is 0 Å². The summed E-state index contributed by atoms with van der Waals surface area (Å²) in [6.45, 7) is 8.34. The molecule has 0 saturated carbocycles. The van der Waals surface area contributed by atoms with Gasteiger partial charge in [0.25, 0.3) is 0 Å². The third kappa shape index (κ3) is 6.62. The molecule has 0 spiro atoms. The van der Waals surface area contributed by atoms with Gasteiger partial charge in [0, 0.05) is 24.8 Å². The number of carbonyl (C=O) groups excluding carboxylic acids is 1. The Morgan fingerprint density at radius 3 is 2.45 bits per heavy atom. The van der Waals surface area contributed by atoms with Crippen LogP contribution in [0, 0.1) is 6.92 Å². The number of hydrogen-bond acceptors (Lipinski definition) is 6. The first-order chi connectivity index (χ1) is 10.6. The molecule has 1 rings (SSSR count). The van der Waals surface area contributed by atoms with Gasteiger partial charge in [0.05, 0.1) is 5.75 Å². The molecule has 1 heterocycles. The summed E-state index contributed by atoms with van der Waals surface area (Å²) >= 11 is 1.31. The second-order valence-electron chi connectivity index (χ2n) is 5.20. The van der Waals surface area contributed by atoms with Gasteiger partial charge in [-0.05, 0) is 19.8 Å². The summed E-state index contributed by atoms with van der Waals surface area (Å²) in [6.07, 6.45) is 4.60. The Hall–Kier alpha value is -1.34. The summed E-state index contributed by atoms with van der Waals surface area (Å²) in [6, 6.07) is 2.01. The Morgan fingerprint density at radius 2 is 1.91 bits per heavy atom. The molecule has 0 radical (unpaired) electrons. The molecular formula is C15H27N5OS. The molecule has 0 aliphatic carbocycles. The van der Waals surface area contributed by atoms with E-state index >= 15 is 0 Å². The van der Waals surface area contributed by atoms with Gasteiger partial charge in [-0.2, -0.15) is 0 Å². The fraction of sp³-hybridized carbons (Fsp3) is 0.667. The lowest BCUT2D eigenvalue weighted by Crippen LogP contribution is -2.31. The van der Waals surface area contributed by atoms with E-state index in [0.717, 1.165) is 50.3 Å². The van der Waals surface area contributed by atoms with Crippen LogP contribution in [-0.2, 0) is 4.79 Å². The zero-order chi connectivity index (χ0) is 16.4. The molecule has 1 aromatic heterocycles. The average Bonchev–Trinajstić information content (AvgIpc) is 2.52. The topological polar surface area (TPSA) is 84.1 Å². The number of aryl methyl sites for hydroxylation is 1. The molecule has 0 bridgehead atoms. The number of nitrogens with zero attached hydrogens (tertiary/aromatic N) is 3. The lowest BCUT2D eigenvalue weighted by Gasteiger charge is -2.24. The van der Waals surface area contributed by atoms with Crippen LogP contribution in [0.5, 0.6) is 0 Å². The van der Waals surface area contributed by atoms with Crippen LogP contribution < -0.4 is 16.2 Å². The molecule has 0 aliphatic rings. The number of carbonyl (C=O) groups is 1. The van der Waals surface area contributed by atoms with Gasteiger partial charge in [0.2, 0.25) is 5.91 Å². The Kier molecular flexibility index (Phi) is 8.84. The Balaban J connectivity index is 2.84. The SMILES string of the molecule is CCCCN(CCCC)c1cc(C)nc(SCC(=O)NN)n1. The van der Waals surface area contributed by atoms with Crippen molar-refractivity contribution in [1.29, 1.82) is 0 Å². The molecule has 124 valence electrons. The maximum Gasteiger partial charge on any atom is 0.244 e. The zero-order valence-electron chi connectivity index (χ0n) is 13.8. The van der Waals surface area contributed by atoms with Crippen LogP contribution in [0.3, 0.4) is 0 Å². The molecule has 1 aromatic rings. The molecule has 0 unspecified atom stereocenters. The Morgan fingerprint density at radius 1 is 1.27 bits per heavy atom. The van der Waals surface area contributed by atoms with Gasteiger partial charge in [-0.25, -0.2) is 15.8 Å². The molecule has 7 heteroatoms. The van der Waals surface area contributed by atoms with Gasteiger partial charge < -0.3 is 4.90 Å². The fourth-order valence-electron chi connectivity index (χ4n) is 1.96. The second kappa shape index (κ2) is 10.4. The summed E-state index contributed by atoms with van der Waals surface area (Å²) in [7, 11) is 0. The van der Waals surface area contributed by atoms with Crippen molar-refractivity contribution in [2.24, 2.45) is 5.84 Å². The summed E-state index contributed by atoms with van der Waals surface area (Å²) in [5.74, 6) is 6.04. The van der Waals surface area contributed by atoms with E-state index in [1.165, 1.54) is 11.8 Å². The van der Waals surface area contributed by atoms with E-state index in [4.69, 9.17) is 5.84 Å². The van der Waals surface area contributed by atoms with Crippen molar-refractivity contribution in [1.82, 2.24) is 15.4 Å². The maximum atomic E-state index is 11.2. The van der Waals surface area contributed by atoms with Crippen LogP contribution in [0.4, 0.5) is 5.82 Å². The van der Waals surface area contributed by atoms with Gasteiger partial charge in [-0.1, -0.05) is 38.5 Å². The van der Waals surface area contributed by atoms with Crippen LogP contribution in [0.15, 0.2) is 11.2 Å². The van der Waals surface area contributed by atoms with Crippen molar-refractivity contribution in [3.05, 3.63) is 11.8 Å². The first-order valence-corrected chi connectivity index (χ1v) is 8.82. The predicted octanol–water partition coefficient (Wildman–Crippen LogP) is 2.27. The monoisotopic (exact) mass is 325 g/mol. The van der Waals surface area contributed by atoms with Crippen molar-refractivity contribution in [3.8, 4) is 0 Å². The number of aromatic nitrogens is 2. The zero-order valence-corrected chi connectivity index (χ0v) is 14.6. The molecule has 1 amide bonds. The molecule has 0 saturated heterocycles. The molecule has 0 fully saturated rings. The molecule has 6 nitrogen and oxygen atoms in total. The normalized spacial score (nSPS) is 10.5. The lowest BCUT2D eigenvalue weighted by molar-refractivity contribution is -0.118. The fourth-order valence-corrected chi connectivity index (χ4v) is 2.67. The average molecular weight is 325 g/mol. The highest BCUT2D eigenvalue weighted by Gasteiger charge is 2.11. The van der Waals surface area contributed by atoms with Crippen molar-refractivity contribution in [3.63, 3.8) is 0 Å². The van der Waals surface area contributed by atoms with Crippen LogP contribution in [0.2, 0.25) is 0 Å². The van der Waals surface area contributed by atoms with E-state index in [1.54, 1.807) is 0 Å². The third-order valence-electron chi connectivity index (χ3n) is 3.20. The lowest BCUT2D eigenvalue weighted by atomic mass is 10.2. The smallest absolute Gasteiger partial charge is 0.244 e. The quantitative estimate of drug-likeness (QED) is 0.226. The van der Waals surface area contributed by atoms with Gasteiger partial charge in [-0.15, -0.1) is 0 Å². The third-order valence-corrected chi connectivity index (χ3v) is 4.05. The van der Waals surface area contributed by atoms with Gasteiger partial charge in [0.1, 0.15) is 5.82 Å². The number of thioether (sulfide) groups is 1. The standard InChI is InChI=1S/C15H27N5OS/c1-4-6-8-20(9-7-5-2)13-10-12(3)17-15(18-13)22-11-14(21)19-16/h10H,4-9,11,16H2,1-3H3,(H,19,21). The summed E-state index contributed by atoms with van der Waals surface area (Å²) in [5.41, 5.74) is 3.03. The van der Waals surface area contributed by atoms with Crippen LogP contribution in [0.25, 0.3) is 0 Å². The number of amides is 1. The number of unbranched alkanes of at least 4 members (excludes halogenated alkanes) is 2. The number of anilines is 1. The van der Waals surface area contributed by atoms with Crippen molar-refractivity contribution in [2.45, 2.75) is 51.6 Å². The highest BCUT2D eigenvalue weighted by molar-refractivity contribution is 7.99. The number of nitrogens with two attached hydrogens (primary N) is 1. The van der Waals surface area contributed by atoms with Crippen LogP contribution >= 0.6 is 11.8 Å². The first-order valence-electron chi connectivity index (χ1n) is 7.83. The molecule has 22 heavy (non-hydrogen) atoms. The summed E-state index contributed by atoms with van der Waals surface area (Å²) in [4.78, 5) is 22.6. The minimum absolute atomic E-state index is 0.226. The van der Waals surface area contributed by atoms with Crippen molar-refractivity contribution >= 4 is 23.5 Å². The summed E-state index contributed by atoms with van der Waals surface area (Å²) < 4.78 is 0.